The van der Waals surface area contributed by atoms with Gasteiger partial charge >= 0.3 is 5.97 Å². The minimum Gasteiger partial charge on any atom is -0.493 e. The molecule has 0 aliphatic rings. The summed E-state index contributed by atoms with van der Waals surface area (Å²) in [5, 5.41) is 0.385. The first-order chi connectivity index (χ1) is 11.5. The van der Waals surface area contributed by atoms with Crippen LogP contribution in [0.1, 0.15) is 19.4 Å². The smallest absolute Gasteiger partial charge is 0.336 e. The van der Waals surface area contributed by atoms with E-state index in [1.54, 1.807) is 49.6 Å². The highest BCUT2D eigenvalue weighted by molar-refractivity contribution is 6.32. The van der Waals surface area contributed by atoms with E-state index in [4.69, 9.17) is 25.8 Å². The lowest BCUT2D eigenvalue weighted by Gasteiger charge is -2.13. The Morgan fingerprint density at radius 2 is 1.83 bits per heavy atom. The summed E-state index contributed by atoms with van der Waals surface area (Å²) >= 11 is 5.95. The fourth-order valence-corrected chi connectivity index (χ4v) is 2.15. The lowest BCUT2D eigenvalue weighted by Crippen LogP contribution is -2.06. The maximum Gasteiger partial charge on any atom is 0.336 e. The van der Waals surface area contributed by atoms with Crippen LogP contribution in [-0.2, 0) is 4.79 Å². The topological polar surface area (TPSA) is 44.8 Å². The molecule has 0 aliphatic carbocycles. The maximum absolute atomic E-state index is 11.9. The number of carbonyl (C=O) groups excluding carboxylic acids is 1. The number of ether oxygens (including phenoxy) is 3. The van der Waals surface area contributed by atoms with Crippen molar-refractivity contribution < 1.29 is 19.0 Å². The number of para-hydroxylation sites is 1. The second kappa shape index (κ2) is 8.41. The van der Waals surface area contributed by atoms with Gasteiger partial charge in [-0.05, 0) is 49.8 Å². The number of methoxy groups -OCH3 is 1. The molecule has 4 nitrogen and oxygen atoms in total. The molecule has 5 heteroatoms. The van der Waals surface area contributed by atoms with E-state index in [1.807, 2.05) is 19.9 Å². The summed E-state index contributed by atoms with van der Waals surface area (Å²) in [5.41, 5.74) is 0.791. The first kappa shape index (κ1) is 17.9. The van der Waals surface area contributed by atoms with Crippen molar-refractivity contribution in [2.45, 2.75) is 20.0 Å². The summed E-state index contributed by atoms with van der Waals surface area (Å²) < 4.78 is 16.2. The Bertz CT molecular complexity index is 738. The average Bonchev–Trinajstić information content (AvgIpc) is 2.55. The minimum absolute atomic E-state index is 0.0471. The second-order valence-electron chi connectivity index (χ2n) is 5.26. The lowest BCUT2D eigenvalue weighted by atomic mass is 10.2. The standard InChI is InChI=1S/C19H19ClO4/c1-13(2)23-17-10-8-14(12-18(17)22-3)9-11-19(21)24-16-7-5-4-6-15(16)20/h4-13H,1-3H3/b11-9+. The first-order valence-corrected chi connectivity index (χ1v) is 7.86. The highest BCUT2D eigenvalue weighted by atomic mass is 35.5. The van der Waals surface area contributed by atoms with Crippen LogP contribution in [0.2, 0.25) is 5.02 Å². The van der Waals surface area contributed by atoms with Gasteiger partial charge in [0.05, 0.1) is 18.2 Å². The third-order valence-corrected chi connectivity index (χ3v) is 3.32. The number of esters is 1. The highest BCUT2D eigenvalue weighted by Crippen LogP contribution is 2.29. The number of halogens is 1. The summed E-state index contributed by atoms with van der Waals surface area (Å²) in [6.07, 6.45) is 3.02. The minimum atomic E-state index is -0.510. The van der Waals surface area contributed by atoms with Crippen molar-refractivity contribution in [2.24, 2.45) is 0 Å². The van der Waals surface area contributed by atoms with E-state index >= 15 is 0 Å². The molecule has 2 aromatic rings. The Balaban J connectivity index is 2.08. The van der Waals surface area contributed by atoms with Gasteiger partial charge in [-0.2, -0.15) is 0 Å². The predicted molar refractivity (Wildman–Crippen MR) is 94.9 cm³/mol. The Labute approximate surface area is 146 Å². The highest BCUT2D eigenvalue weighted by Gasteiger charge is 2.08. The molecule has 0 amide bonds. The molecule has 0 saturated heterocycles. The molecule has 0 aliphatic heterocycles. The predicted octanol–water partition coefficient (Wildman–Crippen LogP) is 4.75. The van der Waals surface area contributed by atoms with Gasteiger partial charge in [0.1, 0.15) is 5.75 Å². The van der Waals surface area contributed by atoms with E-state index in [9.17, 15) is 4.79 Å². The Hall–Kier alpha value is -2.46. The molecule has 0 N–H and O–H groups in total. The molecule has 0 spiro atoms. The van der Waals surface area contributed by atoms with Crippen LogP contribution < -0.4 is 14.2 Å². The Morgan fingerprint density at radius 3 is 2.50 bits per heavy atom. The zero-order valence-corrected chi connectivity index (χ0v) is 14.5. The van der Waals surface area contributed by atoms with Crippen LogP contribution in [0.15, 0.2) is 48.5 Å². The van der Waals surface area contributed by atoms with Gasteiger partial charge < -0.3 is 14.2 Å². The van der Waals surface area contributed by atoms with E-state index in [2.05, 4.69) is 0 Å². The van der Waals surface area contributed by atoms with Crippen molar-refractivity contribution in [2.75, 3.05) is 7.11 Å². The fraction of sp³-hybridized carbons (Fsp3) is 0.211. The zero-order valence-electron chi connectivity index (χ0n) is 13.8. The lowest BCUT2D eigenvalue weighted by molar-refractivity contribution is -0.128. The normalized spacial score (nSPS) is 10.9. The van der Waals surface area contributed by atoms with Crippen molar-refractivity contribution in [3.05, 3.63) is 59.1 Å². The number of carbonyl (C=O) groups is 1. The summed E-state index contributed by atoms with van der Waals surface area (Å²) in [6.45, 7) is 3.88. The molecule has 126 valence electrons. The molecule has 0 atom stereocenters. The molecule has 2 rings (SSSR count). The van der Waals surface area contributed by atoms with Crippen LogP contribution in [0.4, 0.5) is 0 Å². The van der Waals surface area contributed by atoms with E-state index in [-0.39, 0.29) is 6.10 Å². The monoisotopic (exact) mass is 346 g/mol. The fourth-order valence-electron chi connectivity index (χ4n) is 1.97. The van der Waals surface area contributed by atoms with Gasteiger partial charge in [0.2, 0.25) is 0 Å². The SMILES string of the molecule is COc1cc(/C=C/C(=O)Oc2ccccc2Cl)ccc1OC(C)C. The molecule has 0 heterocycles. The molecule has 2 aromatic carbocycles. The number of rotatable bonds is 6. The van der Waals surface area contributed by atoms with E-state index in [1.165, 1.54) is 6.08 Å². The van der Waals surface area contributed by atoms with Gasteiger partial charge in [-0.1, -0.05) is 29.8 Å². The average molecular weight is 347 g/mol. The third-order valence-electron chi connectivity index (χ3n) is 3.01. The summed E-state index contributed by atoms with van der Waals surface area (Å²) in [6, 6.07) is 12.2. The molecular formula is C19H19ClO4. The molecule has 0 fully saturated rings. The van der Waals surface area contributed by atoms with Crippen molar-refractivity contribution in [1.82, 2.24) is 0 Å². The van der Waals surface area contributed by atoms with Crippen LogP contribution in [0.5, 0.6) is 17.2 Å². The van der Waals surface area contributed by atoms with Gasteiger partial charge in [0.25, 0.3) is 0 Å². The number of hydrogen-bond acceptors (Lipinski definition) is 4. The molecular weight excluding hydrogens is 328 g/mol. The third kappa shape index (κ3) is 5.03. The largest absolute Gasteiger partial charge is 0.493 e. The van der Waals surface area contributed by atoms with Crippen molar-refractivity contribution in [3.8, 4) is 17.2 Å². The van der Waals surface area contributed by atoms with E-state index in [0.717, 1.165) is 5.56 Å². The Kier molecular flexibility index (Phi) is 6.27. The quantitative estimate of drug-likeness (QED) is 0.430. The van der Waals surface area contributed by atoms with Gasteiger partial charge in [-0.15, -0.1) is 0 Å². The van der Waals surface area contributed by atoms with Crippen LogP contribution in [-0.4, -0.2) is 19.2 Å². The Morgan fingerprint density at radius 1 is 1.08 bits per heavy atom. The number of hydrogen-bond donors (Lipinski definition) is 0. The van der Waals surface area contributed by atoms with E-state index < -0.39 is 5.97 Å². The van der Waals surface area contributed by atoms with E-state index in [0.29, 0.717) is 22.3 Å². The van der Waals surface area contributed by atoms with Crippen LogP contribution in [0.3, 0.4) is 0 Å². The zero-order chi connectivity index (χ0) is 17.5. The van der Waals surface area contributed by atoms with Crippen LogP contribution in [0.25, 0.3) is 6.08 Å². The van der Waals surface area contributed by atoms with Gasteiger partial charge in [-0.3, -0.25) is 0 Å². The van der Waals surface area contributed by atoms with Crippen molar-refractivity contribution in [1.29, 1.82) is 0 Å². The van der Waals surface area contributed by atoms with Gasteiger partial charge in [0, 0.05) is 6.08 Å². The summed E-state index contributed by atoms with van der Waals surface area (Å²) in [5.74, 6) is 1.07. The number of benzene rings is 2. The van der Waals surface area contributed by atoms with Crippen LogP contribution in [0, 0.1) is 0 Å². The first-order valence-electron chi connectivity index (χ1n) is 7.48. The molecule has 0 radical (unpaired) electrons. The van der Waals surface area contributed by atoms with Crippen LogP contribution >= 0.6 is 11.6 Å². The summed E-state index contributed by atoms with van der Waals surface area (Å²) in [4.78, 5) is 11.9. The molecule has 0 unspecified atom stereocenters. The van der Waals surface area contributed by atoms with Gasteiger partial charge in [-0.25, -0.2) is 4.79 Å². The molecule has 24 heavy (non-hydrogen) atoms. The maximum atomic E-state index is 11.9. The second-order valence-corrected chi connectivity index (χ2v) is 5.67. The van der Waals surface area contributed by atoms with Gasteiger partial charge in [0.15, 0.2) is 11.5 Å². The van der Waals surface area contributed by atoms with Crippen molar-refractivity contribution in [3.63, 3.8) is 0 Å². The molecule has 0 bridgehead atoms. The molecule has 0 saturated carbocycles. The van der Waals surface area contributed by atoms with Crippen molar-refractivity contribution >= 4 is 23.6 Å². The molecule has 0 aromatic heterocycles. The summed E-state index contributed by atoms with van der Waals surface area (Å²) in [7, 11) is 1.57.